The van der Waals surface area contributed by atoms with E-state index in [1.165, 1.54) is 12.2 Å². The average molecular weight is 450 g/mol. The Morgan fingerprint density at radius 3 is 2.35 bits per heavy atom. The van der Waals surface area contributed by atoms with Crippen molar-refractivity contribution in [3.05, 3.63) is 42.2 Å². The number of hydrogen-bond donors (Lipinski definition) is 1. The number of aromatic nitrogens is 1. The van der Waals surface area contributed by atoms with Crippen molar-refractivity contribution in [2.24, 2.45) is 0 Å². The SMILES string of the molecule is CCCNc1c(C(=O)N(C)OC)cncc1N1CCN(c2ccccc2OC)CC1.Cl. The lowest BCUT2D eigenvalue weighted by atomic mass is 10.1. The number of anilines is 3. The summed E-state index contributed by atoms with van der Waals surface area (Å²) in [7, 11) is 4.78. The number of hydrogen-bond acceptors (Lipinski definition) is 7. The van der Waals surface area contributed by atoms with E-state index in [2.05, 4.69) is 33.1 Å². The maximum absolute atomic E-state index is 12.8. The second-order valence-corrected chi connectivity index (χ2v) is 7.14. The number of nitrogens with zero attached hydrogens (tertiary/aromatic N) is 4. The molecule has 9 heteroatoms. The Morgan fingerprint density at radius 2 is 1.74 bits per heavy atom. The van der Waals surface area contributed by atoms with Gasteiger partial charge in [-0.1, -0.05) is 19.1 Å². The molecule has 0 unspecified atom stereocenters. The summed E-state index contributed by atoms with van der Waals surface area (Å²) < 4.78 is 5.52. The first-order valence-electron chi connectivity index (χ1n) is 10.3. The topological polar surface area (TPSA) is 70.2 Å². The van der Waals surface area contributed by atoms with Crippen LogP contribution in [-0.2, 0) is 4.84 Å². The van der Waals surface area contributed by atoms with Crippen LogP contribution < -0.4 is 19.9 Å². The highest BCUT2D eigenvalue weighted by Crippen LogP contribution is 2.33. The number of para-hydroxylation sites is 2. The smallest absolute Gasteiger partial charge is 0.280 e. The molecule has 3 rings (SSSR count). The quantitative estimate of drug-likeness (QED) is 0.620. The summed E-state index contributed by atoms with van der Waals surface area (Å²) in [6, 6.07) is 8.09. The van der Waals surface area contributed by atoms with E-state index < -0.39 is 0 Å². The Bertz CT molecular complexity index is 859. The maximum Gasteiger partial charge on any atom is 0.280 e. The van der Waals surface area contributed by atoms with Gasteiger partial charge in [0, 0.05) is 46.0 Å². The number of piperazine rings is 1. The molecule has 0 bridgehead atoms. The molecule has 1 aliphatic heterocycles. The van der Waals surface area contributed by atoms with E-state index in [-0.39, 0.29) is 18.3 Å². The van der Waals surface area contributed by atoms with Gasteiger partial charge in [-0.2, -0.15) is 0 Å². The zero-order valence-electron chi connectivity index (χ0n) is 18.6. The molecule has 0 atom stereocenters. The van der Waals surface area contributed by atoms with Gasteiger partial charge in [-0.05, 0) is 18.6 Å². The number of carbonyl (C=O) groups is 1. The van der Waals surface area contributed by atoms with Gasteiger partial charge in [-0.15, -0.1) is 12.4 Å². The lowest BCUT2D eigenvalue weighted by Crippen LogP contribution is -2.47. The van der Waals surface area contributed by atoms with Crippen LogP contribution in [0.5, 0.6) is 5.75 Å². The third-order valence-corrected chi connectivity index (χ3v) is 5.31. The molecule has 0 saturated carbocycles. The molecular weight excluding hydrogens is 418 g/mol. The van der Waals surface area contributed by atoms with E-state index in [1.54, 1.807) is 20.4 Å². The van der Waals surface area contributed by atoms with Gasteiger partial charge in [-0.3, -0.25) is 14.6 Å². The van der Waals surface area contributed by atoms with Crippen LogP contribution in [0.4, 0.5) is 17.1 Å². The van der Waals surface area contributed by atoms with Crippen molar-refractivity contribution in [2.75, 3.05) is 69.1 Å². The average Bonchev–Trinajstić information content (AvgIpc) is 2.81. The van der Waals surface area contributed by atoms with Gasteiger partial charge in [-0.25, -0.2) is 5.06 Å². The molecule has 1 fully saturated rings. The first kappa shape index (κ1) is 24.6. The monoisotopic (exact) mass is 449 g/mol. The largest absolute Gasteiger partial charge is 0.495 e. The van der Waals surface area contributed by atoms with E-state index in [0.717, 1.165) is 62.0 Å². The minimum atomic E-state index is -0.224. The van der Waals surface area contributed by atoms with Gasteiger partial charge >= 0.3 is 0 Å². The van der Waals surface area contributed by atoms with Crippen LogP contribution in [0.15, 0.2) is 36.7 Å². The molecule has 1 aliphatic rings. The van der Waals surface area contributed by atoms with E-state index in [1.807, 2.05) is 24.4 Å². The van der Waals surface area contributed by atoms with Crippen molar-refractivity contribution in [1.29, 1.82) is 0 Å². The molecule has 8 nitrogen and oxygen atoms in total. The van der Waals surface area contributed by atoms with Crippen molar-refractivity contribution >= 4 is 35.4 Å². The number of amides is 1. The third kappa shape index (κ3) is 5.51. The Kier molecular flexibility index (Phi) is 9.21. The predicted molar refractivity (Wildman–Crippen MR) is 127 cm³/mol. The number of hydroxylamine groups is 2. The Morgan fingerprint density at radius 1 is 1.10 bits per heavy atom. The van der Waals surface area contributed by atoms with Crippen molar-refractivity contribution < 1.29 is 14.4 Å². The van der Waals surface area contributed by atoms with Gasteiger partial charge in [0.15, 0.2) is 0 Å². The first-order chi connectivity index (χ1) is 14.6. The van der Waals surface area contributed by atoms with Gasteiger partial charge in [0.25, 0.3) is 5.91 Å². The molecule has 1 aromatic carbocycles. The van der Waals surface area contributed by atoms with Gasteiger partial charge in [0.2, 0.25) is 0 Å². The Labute approximate surface area is 190 Å². The molecule has 1 amide bonds. The van der Waals surface area contributed by atoms with Gasteiger partial charge in [0.1, 0.15) is 5.75 Å². The van der Waals surface area contributed by atoms with E-state index in [0.29, 0.717) is 5.56 Å². The Hall–Kier alpha value is -2.71. The van der Waals surface area contributed by atoms with E-state index in [9.17, 15) is 4.79 Å². The molecule has 0 radical (unpaired) electrons. The summed E-state index contributed by atoms with van der Waals surface area (Å²) in [5, 5.41) is 4.65. The lowest BCUT2D eigenvalue weighted by molar-refractivity contribution is -0.0756. The molecule has 31 heavy (non-hydrogen) atoms. The summed E-state index contributed by atoms with van der Waals surface area (Å²) in [5.41, 5.74) is 3.37. The van der Waals surface area contributed by atoms with Crippen LogP contribution in [0.3, 0.4) is 0 Å². The van der Waals surface area contributed by atoms with Crippen LogP contribution >= 0.6 is 12.4 Å². The fraction of sp³-hybridized carbons (Fsp3) is 0.455. The minimum Gasteiger partial charge on any atom is -0.495 e. The minimum absolute atomic E-state index is 0. The van der Waals surface area contributed by atoms with Gasteiger partial charge < -0.3 is 19.9 Å². The molecule has 1 N–H and O–H groups in total. The number of ether oxygens (including phenoxy) is 1. The highest BCUT2D eigenvalue weighted by Gasteiger charge is 2.25. The van der Waals surface area contributed by atoms with Crippen molar-refractivity contribution in [3.8, 4) is 5.75 Å². The number of methoxy groups -OCH3 is 1. The molecular formula is C22H32ClN5O3. The molecule has 2 aromatic rings. The molecule has 2 heterocycles. The summed E-state index contributed by atoms with van der Waals surface area (Å²) in [4.78, 5) is 26.8. The number of rotatable bonds is 8. The van der Waals surface area contributed by atoms with Crippen molar-refractivity contribution in [1.82, 2.24) is 10.0 Å². The Balaban J connectivity index is 0.00000341. The maximum atomic E-state index is 12.8. The van der Waals surface area contributed by atoms with Crippen LogP contribution in [0.2, 0.25) is 0 Å². The summed E-state index contributed by atoms with van der Waals surface area (Å²) in [6.07, 6.45) is 4.39. The molecule has 1 saturated heterocycles. The highest BCUT2D eigenvalue weighted by atomic mass is 35.5. The highest BCUT2D eigenvalue weighted by molar-refractivity contribution is 6.01. The van der Waals surface area contributed by atoms with E-state index >= 15 is 0 Å². The number of pyridine rings is 1. The second-order valence-electron chi connectivity index (χ2n) is 7.14. The van der Waals surface area contributed by atoms with Crippen LogP contribution in [0, 0.1) is 0 Å². The zero-order valence-corrected chi connectivity index (χ0v) is 19.4. The molecule has 0 aliphatic carbocycles. The van der Waals surface area contributed by atoms with Crippen molar-refractivity contribution in [2.45, 2.75) is 13.3 Å². The van der Waals surface area contributed by atoms with E-state index in [4.69, 9.17) is 9.57 Å². The number of benzene rings is 1. The summed E-state index contributed by atoms with van der Waals surface area (Å²) in [6.45, 7) is 6.21. The van der Waals surface area contributed by atoms with Crippen LogP contribution in [0.1, 0.15) is 23.7 Å². The normalized spacial score (nSPS) is 13.4. The lowest BCUT2D eigenvalue weighted by Gasteiger charge is -2.38. The third-order valence-electron chi connectivity index (χ3n) is 5.31. The van der Waals surface area contributed by atoms with Crippen LogP contribution in [0.25, 0.3) is 0 Å². The van der Waals surface area contributed by atoms with Gasteiger partial charge in [0.05, 0.1) is 43.0 Å². The van der Waals surface area contributed by atoms with Crippen LogP contribution in [-0.4, -0.2) is 69.9 Å². The molecule has 1 aromatic heterocycles. The standard InChI is InChI=1S/C22H31N5O3.ClH/c1-5-10-24-21-17(22(28)25(2)30-4)15-23-16-19(21)27-13-11-26(12-14-27)18-8-6-7-9-20(18)29-3;/h6-9,15-16H,5,10-14H2,1-4H3,(H,23,24);1H. The molecule has 0 spiro atoms. The number of nitrogens with one attached hydrogen (secondary N) is 1. The fourth-order valence-corrected chi connectivity index (χ4v) is 3.62. The molecule has 170 valence electrons. The second kappa shape index (κ2) is 11.6. The van der Waals surface area contributed by atoms with Crippen molar-refractivity contribution in [3.63, 3.8) is 0 Å². The summed E-state index contributed by atoms with van der Waals surface area (Å²) in [5.74, 6) is 0.659. The number of carbonyl (C=O) groups excluding carboxylic acids is 1. The summed E-state index contributed by atoms with van der Waals surface area (Å²) >= 11 is 0. The first-order valence-corrected chi connectivity index (χ1v) is 10.3. The zero-order chi connectivity index (χ0) is 21.5. The number of halogens is 1. The fourth-order valence-electron chi connectivity index (χ4n) is 3.62. The predicted octanol–water partition coefficient (Wildman–Crippen LogP) is 3.29.